The molecule has 1 aliphatic rings. The number of rotatable bonds is 2. The summed E-state index contributed by atoms with van der Waals surface area (Å²) in [6.45, 7) is 2.75. The fourth-order valence-electron chi connectivity index (χ4n) is 1.49. The Kier molecular flexibility index (Phi) is 3.24. The van der Waals surface area contributed by atoms with E-state index in [0.717, 1.165) is 10.0 Å². The number of nitrogens with one attached hydrogen (secondary N) is 1. The predicted molar refractivity (Wildman–Crippen MR) is 65.8 cm³/mol. The highest BCUT2D eigenvalue weighted by Crippen LogP contribution is 2.23. The molecule has 1 aliphatic heterocycles. The summed E-state index contributed by atoms with van der Waals surface area (Å²) in [6, 6.07) is 5.60. The van der Waals surface area contributed by atoms with Crippen molar-refractivity contribution in [3.05, 3.63) is 28.2 Å². The Hall–Kier alpha value is -1.36. The van der Waals surface area contributed by atoms with Crippen molar-refractivity contribution in [2.45, 2.75) is 6.92 Å². The van der Waals surface area contributed by atoms with Crippen molar-refractivity contribution in [1.29, 1.82) is 0 Å². The highest BCUT2D eigenvalue weighted by molar-refractivity contribution is 9.10. The van der Waals surface area contributed by atoms with Crippen LogP contribution in [0.15, 0.2) is 27.7 Å². The first kappa shape index (κ1) is 11.1. The molecule has 16 heavy (non-hydrogen) atoms. The van der Waals surface area contributed by atoms with Gasteiger partial charge in [-0.3, -0.25) is 4.79 Å². The van der Waals surface area contributed by atoms with Crippen LogP contribution in [0.2, 0.25) is 0 Å². The number of aliphatic imine (C=N–C) groups is 1. The molecule has 0 radical (unpaired) electrons. The first-order valence-corrected chi connectivity index (χ1v) is 5.71. The van der Waals surface area contributed by atoms with Crippen molar-refractivity contribution in [3.8, 4) is 0 Å². The minimum absolute atomic E-state index is 0.113. The third-order valence-corrected chi connectivity index (χ3v) is 2.60. The summed E-state index contributed by atoms with van der Waals surface area (Å²) in [7, 11) is 0. The average Bonchev–Trinajstić information content (AvgIpc) is 2.69. The second-order valence-corrected chi connectivity index (χ2v) is 4.32. The van der Waals surface area contributed by atoms with Crippen LogP contribution in [0, 0.1) is 0 Å². The van der Waals surface area contributed by atoms with Gasteiger partial charge in [-0.25, -0.2) is 4.99 Å². The lowest BCUT2D eigenvalue weighted by atomic mass is 10.1. The number of ether oxygens (including phenoxy) is 1. The highest BCUT2D eigenvalue weighted by atomic mass is 79.9. The van der Waals surface area contributed by atoms with Crippen LogP contribution in [0.3, 0.4) is 0 Å². The SMILES string of the molecule is CC(=O)Nc1cc(Br)ccc1C1=NCCO1. The molecule has 0 atom stereocenters. The number of carbonyl (C=O) groups is 1. The van der Waals surface area contributed by atoms with Crippen molar-refractivity contribution in [1.82, 2.24) is 0 Å². The molecule has 1 aromatic carbocycles. The Bertz CT molecular complexity index is 457. The molecule has 4 nitrogen and oxygen atoms in total. The van der Waals surface area contributed by atoms with Crippen LogP contribution >= 0.6 is 15.9 Å². The minimum Gasteiger partial charge on any atom is -0.475 e. The van der Waals surface area contributed by atoms with E-state index in [9.17, 15) is 4.79 Å². The molecule has 1 amide bonds. The maximum absolute atomic E-state index is 11.1. The van der Waals surface area contributed by atoms with Gasteiger partial charge >= 0.3 is 0 Å². The van der Waals surface area contributed by atoms with Gasteiger partial charge in [-0.1, -0.05) is 15.9 Å². The van der Waals surface area contributed by atoms with Gasteiger partial charge in [0.15, 0.2) is 0 Å². The number of hydrogen-bond donors (Lipinski definition) is 1. The smallest absolute Gasteiger partial charge is 0.221 e. The van der Waals surface area contributed by atoms with Gasteiger partial charge in [0.05, 0.1) is 17.8 Å². The molecule has 84 valence electrons. The number of benzene rings is 1. The van der Waals surface area contributed by atoms with E-state index >= 15 is 0 Å². The zero-order valence-corrected chi connectivity index (χ0v) is 10.4. The van der Waals surface area contributed by atoms with E-state index in [-0.39, 0.29) is 5.91 Å². The Morgan fingerprint density at radius 1 is 1.56 bits per heavy atom. The van der Waals surface area contributed by atoms with Crippen molar-refractivity contribution < 1.29 is 9.53 Å². The van der Waals surface area contributed by atoms with Gasteiger partial charge < -0.3 is 10.1 Å². The van der Waals surface area contributed by atoms with Gasteiger partial charge in [-0.2, -0.15) is 0 Å². The first-order valence-electron chi connectivity index (χ1n) is 4.91. The molecule has 0 spiro atoms. The number of nitrogens with zero attached hydrogens (tertiary/aromatic N) is 1. The summed E-state index contributed by atoms with van der Waals surface area (Å²) < 4.78 is 6.29. The lowest BCUT2D eigenvalue weighted by Crippen LogP contribution is -2.11. The second kappa shape index (κ2) is 4.65. The van der Waals surface area contributed by atoms with E-state index in [4.69, 9.17) is 4.74 Å². The molecule has 0 saturated carbocycles. The van der Waals surface area contributed by atoms with E-state index in [1.165, 1.54) is 6.92 Å². The molecule has 0 fully saturated rings. The molecule has 0 unspecified atom stereocenters. The molecule has 0 bridgehead atoms. The van der Waals surface area contributed by atoms with Gasteiger partial charge in [-0.15, -0.1) is 0 Å². The first-order chi connectivity index (χ1) is 7.66. The molecule has 1 heterocycles. The quantitative estimate of drug-likeness (QED) is 0.904. The normalized spacial score (nSPS) is 14.2. The molecule has 0 aromatic heterocycles. The minimum atomic E-state index is -0.113. The number of amides is 1. The summed E-state index contributed by atoms with van der Waals surface area (Å²) >= 11 is 3.36. The van der Waals surface area contributed by atoms with Gasteiger partial charge in [0, 0.05) is 11.4 Å². The van der Waals surface area contributed by atoms with Crippen LogP contribution in [0.25, 0.3) is 0 Å². The second-order valence-electron chi connectivity index (χ2n) is 3.41. The Morgan fingerprint density at radius 2 is 2.38 bits per heavy atom. The number of anilines is 1. The lowest BCUT2D eigenvalue weighted by Gasteiger charge is -2.10. The topological polar surface area (TPSA) is 50.7 Å². The van der Waals surface area contributed by atoms with Crippen molar-refractivity contribution in [2.24, 2.45) is 4.99 Å². The van der Waals surface area contributed by atoms with E-state index in [1.54, 1.807) is 0 Å². The van der Waals surface area contributed by atoms with Gasteiger partial charge in [0.2, 0.25) is 11.8 Å². The molecule has 0 aliphatic carbocycles. The van der Waals surface area contributed by atoms with Crippen LogP contribution in [-0.2, 0) is 9.53 Å². The molecular weight excluding hydrogens is 272 g/mol. The van der Waals surface area contributed by atoms with E-state index in [2.05, 4.69) is 26.2 Å². The molecule has 2 rings (SSSR count). The number of carbonyl (C=O) groups excluding carboxylic acids is 1. The van der Waals surface area contributed by atoms with Crippen molar-refractivity contribution in [3.63, 3.8) is 0 Å². The summed E-state index contributed by atoms with van der Waals surface area (Å²) in [5.74, 6) is 0.481. The summed E-state index contributed by atoms with van der Waals surface area (Å²) in [4.78, 5) is 15.3. The Balaban J connectivity index is 2.39. The van der Waals surface area contributed by atoms with Crippen LogP contribution < -0.4 is 5.32 Å². The van der Waals surface area contributed by atoms with E-state index in [1.807, 2.05) is 18.2 Å². The average molecular weight is 283 g/mol. The standard InChI is InChI=1S/C11H11BrN2O2/c1-7(15)14-10-6-8(12)2-3-9(10)11-13-4-5-16-11/h2-3,6H,4-5H2,1H3,(H,14,15). The van der Waals surface area contributed by atoms with Gasteiger partial charge in [0.25, 0.3) is 0 Å². The monoisotopic (exact) mass is 282 g/mol. The van der Waals surface area contributed by atoms with Crippen LogP contribution in [-0.4, -0.2) is 25.0 Å². The fourth-order valence-corrected chi connectivity index (χ4v) is 1.86. The highest BCUT2D eigenvalue weighted by Gasteiger charge is 2.15. The van der Waals surface area contributed by atoms with Crippen molar-refractivity contribution in [2.75, 3.05) is 18.5 Å². The third-order valence-electron chi connectivity index (χ3n) is 2.11. The van der Waals surface area contributed by atoms with Gasteiger partial charge in [0.1, 0.15) is 6.61 Å². The Morgan fingerprint density at radius 3 is 3.00 bits per heavy atom. The molecule has 1 N–H and O–H groups in total. The van der Waals surface area contributed by atoms with Crippen LogP contribution in [0.4, 0.5) is 5.69 Å². The van der Waals surface area contributed by atoms with E-state index < -0.39 is 0 Å². The predicted octanol–water partition coefficient (Wildman–Crippen LogP) is 2.18. The summed E-state index contributed by atoms with van der Waals surface area (Å²) in [5.41, 5.74) is 1.53. The number of hydrogen-bond acceptors (Lipinski definition) is 3. The zero-order valence-electron chi connectivity index (χ0n) is 8.79. The maximum atomic E-state index is 11.1. The summed E-state index contributed by atoms with van der Waals surface area (Å²) in [5, 5.41) is 2.76. The third kappa shape index (κ3) is 2.41. The zero-order chi connectivity index (χ0) is 11.5. The van der Waals surface area contributed by atoms with Crippen molar-refractivity contribution >= 4 is 33.4 Å². The van der Waals surface area contributed by atoms with E-state index in [0.29, 0.717) is 24.7 Å². The van der Waals surface area contributed by atoms with Crippen LogP contribution in [0.5, 0.6) is 0 Å². The fraction of sp³-hybridized carbons (Fsp3) is 0.273. The molecule has 0 saturated heterocycles. The summed E-state index contributed by atoms with van der Waals surface area (Å²) in [6.07, 6.45) is 0. The van der Waals surface area contributed by atoms with Crippen LogP contribution in [0.1, 0.15) is 12.5 Å². The lowest BCUT2D eigenvalue weighted by molar-refractivity contribution is -0.114. The molecule has 5 heteroatoms. The van der Waals surface area contributed by atoms with Gasteiger partial charge in [-0.05, 0) is 18.2 Å². The molecule has 1 aromatic rings. The molecular formula is C11H11BrN2O2. The maximum Gasteiger partial charge on any atom is 0.221 e. The largest absolute Gasteiger partial charge is 0.475 e. The number of halogens is 1. The Labute approximate surface area is 102 Å².